The highest BCUT2D eigenvalue weighted by molar-refractivity contribution is 7.99. The quantitative estimate of drug-likeness (QED) is 0.642. The molecule has 0 aliphatic heterocycles. The van der Waals surface area contributed by atoms with E-state index in [1.165, 1.54) is 11.8 Å². The van der Waals surface area contributed by atoms with Crippen LogP contribution in [0.4, 0.5) is 0 Å². The molecule has 0 fully saturated rings. The molecule has 0 aliphatic rings. The Morgan fingerprint density at radius 1 is 1.65 bits per heavy atom. The lowest BCUT2D eigenvalue weighted by molar-refractivity contribution is 0.585. The van der Waals surface area contributed by atoms with E-state index in [4.69, 9.17) is 18.0 Å². The third-order valence-electron chi connectivity index (χ3n) is 1.70. The number of nitrogens with one attached hydrogen (secondary N) is 1. The summed E-state index contributed by atoms with van der Waals surface area (Å²) < 4.78 is 26.6. The molecule has 1 heterocycles. The maximum atomic E-state index is 11.9. The Hall–Kier alpha value is -0.260. The van der Waals surface area contributed by atoms with Crippen LogP contribution in [0.5, 0.6) is 0 Å². The van der Waals surface area contributed by atoms with Crippen molar-refractivity contribution in [2.45, 2.75) is 11.1 Å². The van der Waals surface area contributed by atoms with Gasteiger partial charge >= 0.3 is 0 Å². The fourth-order valence-electron chi connectivity index (χ4n) is 1.04. The van der Waals surface area contributed by atoms with Gasteiger partial charge < -0.3 is 0 Å². The summed E-state index contributed by atoms with van der Waals surface area (Å²) in [4.78, 5) is 3.87. The predicted molar refractivity (Wildman–Crippen MR) is 73.2 cm³/mol. The van der Waals surface area contributed by atoms with Crippen molar-refractivity contribution in [2.24, 2.45) is 0 Å². The van der Waals surface area contributed by atoms with E-state index >= 15 is 0 Å². The SMILES string of the molecule is C#CCSCCNS(=O)(=O)c1sc(Cl)nc1C. The summed E-state index contributed by atoms with van der Waals surface area (Å²) in [6, 6.07) is 0. The van der Waals surface area contributed by atoms with Crippen molar-refractivity contribution in [1.29, 1.82) is 0 Å². The van der Waals surface area contributed by atoms with Gasteiger partial charge in [-0.2, -0.15) is 0 Å². The smallest absolute Gasteiger partial charge is 0.229 e. The van der Waals surface area contributed by atoms with Crippen molar-refractivity contribution in [3.63, 3.8) is 0 Å². The first kappa shape index (κ1) is 14.8. The van der Waals surface area contributed by atoms with E-state index in [0.29, 0.717) is 23.7 Å². The molecular weight excluding hydrogens is 300 g/mol. The summed E-state index contributed by atoms with van der Waals surface area (Å²) in [7, 11) is -3.50. The molecule has 0 saturated heterocycles. The molecule has 0 aliphatic carbocycles. The average molecular weight is 311 g/mol. The molecule has 0 aromatic carbocycles. The first-order chi connectivity index (χ1) is 7.97. The number of nitrogens with zero attached hydrogens (tertiary/aromatic N) is 1. The molecule has 94 valence electrons. The fraction of sp³-hybridized carbons (Fsp3) is 0.444. The highest BCUT2D eigenvalue weighted by Gasteiger charge is 2.20. The molecule has 1 aromatic heterocycles. The van der Waals surface area contributed by atoms with Gasteiger partial charge in [-0.3, -0.25) is 0 Å². The van der Waals surface area contributed by atoms with E-state index in [2.05, 4.69) is 15.6 Å². The monoisotopic (exact) mass is 310 g/mol. The number of halogens is 1. The van der Waals surface area contributed by atoms with Gasteiger partial charge in [0.25, 0.3) is 10.0 Å². The van der Waals surface area contributed by atoms with E-state index in [1.807, 2.05) is 0 Å². The molecule has 1 aromatic rings. The van der Waals surface area contributed by atoms with Crippen LogP contribution in [-0.2, 0) is 10.0 Å². The van der Waals surface area contributed by atoms with E-state index in [0.717, 1.165) is 11.3 Å². The summed E-state index contributed by atoms with van der Waals surface area (Å²) in [6.07, 6.45) is 5.08. The Kier molecular flexibility index (Phi) is 5.76. The van der Waals surface area contributed by atoms with Gasteiger partial charge in [0.1, 0.15) is 0 Å². The van der Waals surface area contributed by atoms with Gasteiger partial charge in [-0.1, -0.05) is 28.9 Å². The maximum Gasteiger partial charge on any atom is 0.252 e. The second-order valence-electron chi connectivity index (χ2n) is 2.99. The highest BCUT2D eigenvalue weighted by atomic mass is 35.5. The molecule has 1 N–H and O–H groups in total. The molecule has 0 radical (unpaired) electrons. The number of thiazole rings is 1. The van der Waals surface area contributed by atoms with Gasteiger partial charge in [-0.15, -0.1) is 18.2 Å². The number of hydrogen-bond acceptors (Lipinski definition) is 5. The summed E-state index contributed by atoms with van der Waals surface area (Å²) in [6.45, 7) is 1.95. The molecule has 0 atom stereocenters. The van der Waals surface area contributed by atoms with Crippen LogP contribution in [0.1, 0.15) is 5.69 Å². The summed E-state index contributed by atoms with van der Waals surface area (Å²) >= 11 is 8.11. The second-order valence-corrected chi connectivity index (χ2v) is 7.64. The summed E-state index contributed by atoms with van der Waals surface area (Å²) in [5, 5.41) is 0. The minimum atomic E-state index is -3.50. The number of aryl methyl sites for hydroxylation is 1. The lowest BCUT2D eigenvalue weighted by Gasteiger charge is -2.04. The largest absolute Gasteiger partial charge is 0.252 e. The number of terminal acetylenes is 1. The molecule has 4 nitrogen and oxygen atoms in total. The van der Waals surface area contributed by atoms with Crippen LogP contribution in [0.2, 0.25) is 4.47 Å². The fourth-order valence-corrected chi connectivity index (χ4v) is 4.50. The van der Waals surface area contributed by atoms with Crippen LogP contribution < -0.4 is 4.72 Å². The van der Waals surface area contributed by atoms with Gasteiger partial charge in [0.15, 0.2) is 8.68 Å². The Bertz CT molecular complexity index is 519. The Morgan fingerprint density at radius 3 is 2.88 bits per heavy atom. The van der Waals surface area contributed by atoms with Crippen LogP contribution in [0.3, 0.4) is 0 Å². The number of hydrogen-bond donors (Lipinski definition) is 1. The molecule has 0 amide bonds. The predicted octanol–water partition coefficient (Wildman–Crippen LogP) is 1.75. The minimum Gasteiger partial charge on any atom is -0.229 e. The Balaban J connectivity index is 2.58. The topological polar surface area (TPSA) is 59.1 Å². The molecule has 0 spiro atoms. The third kappa shape index (κ3) is 4.48. The van der Waals surface area contributed by atoms with Crippen molar-refractivity contribution >= 4 is 44.7 Å². The maximum absolute atomic E-state index is 11.9. The first-order valence-electron chi connectivity index (χ1n) is 4.61. The van der Waals surface area contributed by atoms with Crippen molar-refractivity contribution in [2.75, 3.05) is 18.1 Å². The van der Waals surface area contributed by atoms with Crippen LogP contribution >= 0.6 is 34.7 Å². The van der Waals surface area contributed by atoms with Gasteiger partial charge in [0.2, 0.25) is 0 Å². The van der Waals surface area contributed by atoms with Gasteiger partial charge in [0, 0.05) is 12.3 Å². The average Bonchev–Trinajstić information content (AvgIpc) is 2.58. The Morgan fingerprint density at radius 2 is 2.35 bits per heavy atom. The number of aromatic nitrogens is 1. The van der Waals surface area contributed by atoms with Crippen molar-refractivity contribution in [3.05, 3.63) is 10.2 Å². The summed E-state index contributed by atoms with van der Waals surface area (Å²) in [5.41, 5.74) is 0.420. The molecular formula is C9H11ClN2O2S3. The Labute approximate surface area is 114 Å². The van der Waals surface area contributed by atoms with E-state index in [9.17, 15) is 8.42 Å². The van der Waals surface area contributed by atoms with E-state index in [-0.39, 0.29) is 8.68 Å². The molecule has 0 bridgehead atoms. The third-order valence-corrected chi connectivity index (χ3v) is 5.89. The van der Waals surface area contributed by atoms with E-state index in [1.54, 1.807) is 6.92 Å². The normalized spacial score (nSPS) is 11.4. The zero-order chi connectivity index (χ0) is 12.9. The second kappa shape index (κ2) is 6.61. The lowest BCUT2D eigenvalue weighted by Crippen LogP contribution is -2.26. The van der Waals surface area contributed by atoms with Crippen LogP contribution in [0.25, 0.3) is 0 Å². The number of sulfonamides is 1. The van der Waals surface area contributed by atoms with Crippen LogP contribution in [0, 0.1) is 19.3 Å². The van der Waals surface area contributed by atoms with Gasteiger partial charge in [0.05, 0.1) is 11.4 Å². The summed E-state index contributed by atoms with van der Waals surface area (Å²) in [5.74, 6) is 3.68. The molecule has 8 heteroatoms. The lowest BCUT2D eigenvalue weighted by atomic mass is 10.6. The highest BCUT2D eigenvalue weighted by Crippen LogP contribution is 2.26. The van der Waals surface area contributed by atoms with Crippen molar-refractivity contribution < 1.29 is 8.42 Å². The number of rotatable bonds is 6. The van der Waals surface area contributed by atoms with Crippen molar-refractivity contribution in [1.82, 2.24) is 9.71 Å². The van der Waals surface area contributed by atoms with Gasteiger partial charge in [-0.05, 0) is 6.92 Å². The first-order valence-corrected chi connectivity index (χ1v) is 8.44. The van der Waals surface area contributed by atoms with Crippen LogP contribution in [-0.4, -0.2) is 31.5 Å². The standard InChI is InChI=1S/C9H11ClN2O2S3/c1-3-5-15-6-4-11-17(13,14)8-7(2)12-9(10)16-8/h1,11H,4-6H2,2H3. The molecule has 0 unspecified atom stereocenters. The van der Waals surface area contributed by atoms with Crippen LogP contribution in [0.15, 0.2) is 4.21 Å². The molecule has 0 saturated carbocycles. The molecule has 1 rings (SSSR count). The van der Waals surface area contributed by atoms with E-state index < -0.39 is 10.0 Å². The zero-order valence-electron chi connectivity index (χ0n) is 9.07. The minimum absolute atomic E-state index is 0.171. The van der Waals surface area contributed by atoms with Crippen molar-refractivity contribution in [3.8, 4) is 12.3 Å². The molecule has 17 heavy (non-hydrogen) atoms. The zero-order valence-corrected chi connectivity index (χ0v) is 12.3. The van der Waals surface area contributed by atoms with Gasteiger partial charge in [-0.25, -0.2) is 18.1 Å². The number of thioether (sulfide) groups is 1.